The Labute approximate surface area is 151 Å². The highest BCUT2D eigenvalue weighted by Gasteiger charge is 2.22. The van der Waals surface area contributed by atoms with Crippen molar-refractivity contribution in [1.29, 1.82) is 0 Å². The molecule has 2 amide bonds. The van der Waals surface area contributed by atoms with Crippen molar-refractivity contribution in [2.75, 3.05) is 31.6 Å². The summed E-state index contributed by atoms with van der Waals surface area (Å²) in [6, 6.07) is 8.14. The average Bonchev–Trinajstić information content (AvgIpc) is 3.01. The number of para-hydroxylation sites is 1. The van der Waals surface area contributed by atoms with Gasteiger partial charge >= 0.3 is 6.03 Å². The predicted octanol–water partition coefficient (Wildman–Crippen LogP) is 3.34. The van der Waals surface area contributed by atoms with Crippen LogP contribution in [-0.4, -0.2) is 48.3 Å². The van der Waals surface area contributed by atoms with Gasteiger partial charge in [-0.2, -0.15) is 0 Å². The van der Waals surface area contributed by atoms with Gasteiger partial charge in [-0.05, 0) is 55.8 Å². The van der Waals surface area contributed by atoms with Crippen LogP contribution in [0.1, 0.15) is 52.0 Å². The summed E-state index contributed by atoms with van der Waals surface area (Å²) in [7, 11) is 0. The summed E-state index contributed by atoms with van der Waals surface area (Å²) in [5.74, 6) is 0. The van der Waals surface area contributed by atoms with E-state index in [-0.39, 0.29) is 18.1 Å². The number of rotatable bonds is 7. The molecule has 1 aliphatic rings. The van der Waals surface area contributed by atoms with Crippen molar-refractivity contribution >= 4 is 11.7 Å². The Morgan fingerprint density at radius 3 is 2.76 bits per heavy atom. The van der Waals surface area contributed by atoms with Crippen molar-refractivity contribution in [3.05, 3.63) is 29.8 Å². The highest BCUT2D eigenvalue weighted by Crippen LogP contribution is 2.29. The van der Waals surface area contributed by atoms with E-state index in [0.29, 0.717) is 12.6 Å². The summed E-state index contributed by atoms with van der Waals surface area (Å²) >= 11 is 0. The van der Waals surface area contributed by atoms with Gasteiger partial charge in [0.05, 0.1) is 6.61 Å². The maximum Gasteiger partial charge on any atom is 0.319 e. The number of amides is 2. The second kappa shape index (κ2) is 9.20. The number of carbonyl (C=O) groups is 1. The van der Waals surface area contributed by atoms with Gasteiger partial charge in [-0.1, -0.05) is 39.0 Å². The van der Waals surface area contributed by atoms with Crippen molar-refractivity contribution in [2.45, 2.75) is 57.9 Å². The third kappa shape index (κ3) is 6.01. The molecule has 3 N–H and O–H groups in total. The number of anilines is 1. The summed E-state index contributed by atoms with van der Waals surface area (Å²) < 4.78 is 0. The van der Waals surface area contributed by atoms with Gasteiger partial charge in [-0.15, -0.1) is 0 Å². The topological polar surface area (TPSA) is 64.6 Å². The number of likely N-dealkylation sites (tertiary alicyclic amines) is 1. The normalized spacial score (nSPS) is 18.3. The molecule has 0 aliphatic carbocycles. The van der Waals surface area contributed by atoms with Crippen molar-refractivity contribution in [2.24, 2.45) is 0 Å². The minimum Gasteiger partial charge on any atom is -0.395 e. The van der Waals surface area contributed by atoms with Gasteiger partial charge in [0.1, 0.15) is 0 Å². The Kier molecular flexibility index (Phi) is 7.26. The van der Waals surface area contributed by atoms with E-state index >= 15 is 0 Å². The lowest BCUT2D eigenvalue weighted by Crippen LogP contribution is -2.34. The van der Waals surface area contributed by atoms with Crippen LogP contribution in [0, 0.1) is 0 Å². The first kappa shape index (κ1) is 19.7. The van der Waals surface area contributed by atoms with Crippen molar-refractivity contribution < 1.29 is 9.90 Å². The number of benzene rings is 1. The molecule has 0 bridgehead atoms. The van der Waals surface area contributed by atoms with Gasteiger partial charge in [0.15, 0.2) is 0 Å². The number of hydrogen-bond donors (Lipinski definition) is 3. The van der Waals surface area contributed by atoms with Crippen LogP contribution in [0.3, 0.4) is 0 Å². The number of nitrogens with zero attached hydrogens (tertiary/aromatic N) is 1. The van der Waals surface area contributed by atoms with E-state index in [1.54, 1.807) is 0 Å². The number of aliphatic hydroxyl groups excluding tert-OH is 1. The second-order valence-electron chi connectivity index (χ2n) is 7.90. The molecule has 1 atom stereocenters. The maximum absolute atomic E-state index is 12.1. The minimum atomic E-state index is -0.147. The Hall–Kier alpha value is -1.59. The molecule has 0 aromatic heterocycles. The number of aliphatic hydroxyl groups is 1. The Bertz CT molecular complexity index is 554. The molecular formula is C20H33N3O2. The molecule has 0 radical (unpaired) electrons. The van der Waals surface area contributed by atoms with Crippen molar-refractivity contribution in [1.82, 2.24) is 10.2 Å². The van der Waals surface area contributed by atoms with Crippen LogP contribution in [0.5, 0.6) is 0 Å². The molecule has 2 rings (SSSR count). The Balaban J connectivity index is 1.70. The highest BCUT2D eigenvalue weighted by atomic mass is 16.3. The molecule has 140 valence electrons. The zero-order valence-corrected chi connectivity index (χ0v) is 15.8. The van der Waals surface area contributed by atoms with E-state index in [1.807, 2.05) is 18.2 Å². The molecule has 0 saturated carbocycles. The number of unbranched alkanes of at least 4 members (excludes halogenated alkanes) is 1. The van der Waals surface area contributed by atoms with Crippen molar-refractivity contribution in [3.8, 4) is 0 Å². The molecule has 5 nitrogen and oxygen atoms in total. The van der Waals surface area contributed by atoms with Crippen LogP contribution in [0.25, 0.3) is 0 Å². The Morgan fingerprint density at radius 2 is 2.04 bits per heavy atom. The third-order valence-electron chi connectivity index (χ3n) is 4.85. The van der Waals surface area contributed by atoms with Crippen LogP contribution in [0.4, 0.5) is 10.5 Å². The van der Waals surface area contributed by atoms with E-state index < -0.39 is 0 Å². The summed E-state index contributed by atoms with van der Waals surface area (Å²) in [4.78, 5) is 14.5. The zero-order valence-electron chi connectivity index (χ0n) is 15.8. The number of urea groups is 1. The van der Waals surface area contributed by atoms with Crippen LogP contribution in [0.15, 0.2) is 24.3 Å². The predicted molar refractivity (Wildman–Crippen MR) is 103 cm³/mol. The summed E-state index contributed by atoms with van der Waals surface area (Å²) in [5, 5.41) is 15.2. The molecule has 1 aromatic carbocycles. The molecule has 0 unspecified atom stereocenters. The fraction of sp³-hybridized carbons (Fsp3) is 0.650. The lowest BCUT2D eigenvalue weighted by Gasteiger charge is -2.23. The smallest absolute Gasteiger partial charge is 0.319 e. The number of nitrogens with one attached hydrogen (secondary N) is 2. The van der Waals surface area contributed by atoms with E-state index in [1.165, 1.54) is 6.42 Å². The summed E-state index contributed by atoms with van der Waals surface area (Å²) in [6.07, 6.45) is 4.27. The molecule has 25 heavy (non-hydrogen) atoms. The van der Waals surface area contributed by atoms with Gasteiger partial charge in [-0.25, -0.2) is 4.79 Å². The van der Waals surface area contributed by atoms with Crippen LogP contribution in [0.2, 0.25) is 0 Å². The van der Waals surface area contributed by atoms with Crippen molar-refractivity contribution in [3.63, 3.8) is 0 Å². The monoisotopic (exact) mass is 347 g/mol. The van der Waals surface area contributed by atoms with E-state index in [2.05, 4.69) is 42.4 Å². The molecule has 1 aliphatic heterocycles. The molecule has 5 heteroatoms. The lowest BCUT2D eigenvalue weighted by molar-refractivity contribution is 0.157. The van der Waals surface area contributed by atoms with Crippen LogP contribution < -0.4 is 10.6 Å². The largest absolute Gasteiger partial charge is 0.395 e. The second-order valence-corrected chi connectivity index (χ2v) is 7.90. The molecule has 1 saturated heterocycles. The first-order chi connectivity index (χ1) is 11.9. The lowest BCUT2D eigenvalue weighted by atomic mass is 9.86. The maximum atomic E-state index is 12.1. The quantitative estimate of drug-likeness (QED) is 0.663. The molecule has 1 fully saturated rings. The molecule has 1 heterocycles. The van der Waals surface area contributed by atoms with E-state index in [0.717, 1.165) is 43.6 Å². The van der Waals surface area contributed by atoms with E-state index in [4.69, 9.17) is 0 Å². The minimum absolute atomic E-state index is 0.0111. The van der Waals surface area contributed by atoms with Crippen LogP contribution >= 0.6 is 0 Å². The van der Waals surface area contributed by atoms with Gasteiger partial charge in [0, 0.05) is 18.3 Å². The van der Waals surface area contributed by atoms with Gasteiger partial charge in [0.2, 0.25) is 0 Å². The highest BCUT2D eigenvalue weighted by molar-refractivity contribution is 5.90. The standard InChI is InChI=1S/C20H33N3O2/c1-20(2,3)17-10-4-5-11-18(17)22-19(25)21-12-6-7-13-23-14-8-9-16(23)15-24/h4-5,10-11,16,24H,6-9,12-15H2,1-3H3,(H2,21,22,25)/t16-/m1/s1. The first-order valence-electron chi connectivity index (χ1n) is 9.41. The zero-order chi connectivity index (χ0) is 18.3. The fourth-order valence-corrected chi connectivity index (χ4v) is 3.45. The fourth-order valence-electron chi connectivity index (χ4n) is 3.45. The van der Waals surface area contributed by atoms with Gasteiger partial charge < -0.3 is 15.7 Å². The molecule has 0 spiro atoms. The first-order valence-corrected chi connectivity index (χ1v) is 9.41. The van der Waals surface area contributed by atoms with Gasteiger partial charge in [-0.3, -0.25) is 4.90 Å². The van der Waals surface area contributed by atoms with Gasteiger partial charge in [0.25, 0.3) is 0 Å². The van der Waals surface area contributed by atoms with Crippen LogP contribution in [-0.2, 0) is 5.41 Å². The summed E-state index contributed by atoms with van der Waals surface area (Å²) in [6.45, 7) is 9.44. The SMILES string of the molecule is CC(C)(C)c1ccccc1NC(=O)NCCCCN1CCC[C@@H]1CO. The third-order valence-corrected chi connectivity index (χ3v) is 4.85. The number of hydrogen-bond acceptors (Lipinski definition) is 3. The summed E-state index contributed by atoms with van der Waals surface area (Å²) in [5.41, 5.74) is 1.99. The average molecular weight is 348 g/mol. The van der Waals surface area contributed by atoms with E-state index in [9.17, 15) is 9.90 Å². The molecular weight excluding hydrogens is 314 g/mol. The number of carbonyl (C=O) groups excluding carboxylic acids is 1. The Morgan fingerprint density at radius 1 is 1.28 bits per heavy atom. The molecule has 1 aromatic rings.